The number of carbonyl (C=O) groups is 1. The van der Waals surface area contributed by atoms with Crippen molar-refractivity contribution in [1.82, 2.24) is 4.90 Å². The van der Waals surface area contributed by atoms with Gasteiger partial charge in [-0.2, -0.15) is 0 Å². The maximum Gasteiger partial charge on any atom is 0.321 e. The fourth-order valence-electron chi connectivity index (χ4n) is 1.84. The average Bonchev–Trinajstić information content (AvgIpc) is 2.75. The van der Waals surface area contributed by atoms with E-state index >= 15 is 0 Å². The molecule has 0 radical (unpaired) electrons. The lowest BCUT2D eigenvalue weighted by Gasteiger charge is -2.16. The van der Waals surface area contributed by atoms with Crippen LogP contribution in [0.15, 0.2) is 18.2 Å². The van der Waals surface area contributed by atoms with Gasteiger partial charge in [-0.15, -0.1) is 0 Å². The summed E-state index contributed by atoms with van der Waals surface area (Å²) >= 11 is 0. The van der Waals surface area contributed by atoms with Crippen LogP contribution in [0.1, 0.15) is 18.4 Å². The largest absolute Gasteiger partial charge is 0.325 e. The van der Waals surface area contributed by atoms with Crippen LogP contribution in [0.4, 0.5) is 14.9 Å². The Balaban J connectivity index is 2.05. The summed E-state index contributed by atoms with van der Waals surface area (Å²) in [6.45, 7) is 3.34. The number of carbonyl (C=O) groups excluding carboxylic acids is 1. The molecule has 1 aliphatic rings. The van der Waals surface area contributed by atoms with Crippen LogP contribution in [0.3, 0.4) is 0 Å². The summed E-state index contributed by atoms with van der Waals surface area (Å²) < 4.78 is 13.5. The minimum Gasteiger partial charge on any atom is -0.325 e. The Morgan fingerprint density at radius 2 is 2.06 bits per heavy atom. The molecule has 0 aromatic heterocycles. The third-order valence-corrected chi connectivity index (χ3v) is 2.76. The van der Waals surface area contributed by atoms with Crippen molar-refractivity contribution in [1.29, 1.82) is 0 Å². The third-order valence-electron chi connectivity index (χ3n) is 2.76. The van der Waals surface area contributed by atoms with Crippen LogP contribution in [-0.2, 0) is 0 Å². The molecule has 4 heteroatoms. The summed E-state index contributed by atoms with van der Waals surface area (Å²) in [4.78, 5) is 13.4. The molecule has 0 atom stereocenters. The zero-order valence-corrected chi connectivity index (χ0v) is 9.29. The Hall–Kier alpha value is -1.58. The van der Waals surface area contributed by atoms with Gasteiger partial charge in [0.2, 0.25) is 0 Å². The monoisotopic (exact) mass is 222 g/mol. The van der Waals surface area contributed by atoms with Crippen LogP contribution in [-0.4, -0.2) is 24.0 Å². The summed E-state index contributed by atoms with van der Waals surface area (Å²) in [6, 6.07) is 4.58. The fraction of sp³-hybridized carbons (Fsp3) is 0.417. The number of nitrogens with zero attached hydrogens (tertiary/aromatic N) is 1. The zero-order chi connectivity index (χ0) is 11.5. The normalized spacial score (nSPS) is 15.2. The molecule has 0 spiro atoms. The molecule has 1 aromatic rings. The van der Waals surface area contributed by atoms with Crippen LogP contribution < -0.4 is 5.32 Å². The van der Waals surface area contributed by atoms with Crippen LogP contribution in [0.25, 0.3) is 0 Å². The lowest BCUT2D eigenvalue weighted by atomic mass is 10.2. The molecule has 2 amide bonds. The van der Waals surface area contributed by atoms with Crippen LogP contribution in [0, 0.1) is 12.7 Å². The second-order valence-electron chi connectivity index (χ2n) is 4.11. The summed E-state index contributed by atoms with van der Waals surface area (Å²) in [7, 11) is 0. The van der Waals surface area contributed by atoms with Gasteiger partial charge >= 0.3 is 6.03 Å². The smallest absolute Gasteiger partial charge is 0.321 e. The molecular weight excluding hydrogens is 207 g/mol. The molecule has 1 fully saturated rings. The van der Waals surface area contributed by atoms with Crippen molar-refractivity contribution in [3.05, 3.63) is 29.6 Å². The van der Waals surface area contributed by atoms with Gasteiger partial charge in [0.1, 0.15) is 5.82 Å². The van der Waals surface area contributed by atoms with Gasteiger partial charge in [-0.05, 0) is 37.5 Å². The van der Waals surface area contributed by atoms with E-state index in [2.05, 4.69) is 5.32 Å². The number of rotatable bonds is 1. The van der Waals surface area contributed by atoms with Crippen LogP contribution in [0.5, 0.6) is 0 Å². The first-order valence-electron chi connectivity index (χ1n) is 5.49. The number of anilines is 1. The average molecular weight is 222 g/mol. The number of nitrogens with one attached hydrogen (secondary N) is 1. The predicted octanol–water partition coefficient (Wildman–Crippen LogP) is 2.76. The number of benzene rings is 1. The van der Waals surface area contributed by atoms with E-state index in [-0.39, 0.29) is 17.5 Å². The highest BCUT2D eigenvalue weighted by molar-refractivity contribution is 5.89. The number of urea groups is 1. The highest BCUT2D eigenvalue weighted by Crippen LogP contribution is 2.17. The zero-order valence-electron chi connectivity index (χ0n) is 9.29. The first kappa shape index (κ1) is 10.9. The van der Waals surface area contributed by atoms with Gasteiger partial charge in [0.05, 0.1) is 5.69 Å². The molecule has 0 saturated carbocycles. The van der Waals surface area contributed by atoms with E-state index in [1.54, 1.807) is 17.0 Å². The number of halogens is 1. The maximum atomic E-state index is 13.5. The second kappa shape index (κ2) is 4.51. The van der Waals surface area contributed by atoms with E-state index in [9.17, 15) is 9.18 Å². The lowest BCUT2D eigenvalue weighted by Crippen LogP contribution is -2.32. The van der Waals surface area contributed by atoms with E-state index in [0.29, 0.717) is 0 Å². The van der Waals surface area contributed by atoms with Gasteiger partial charge in [0, 0.05) is 13.1 Å². The Morgan fingerprint density at radius 3 is 2.69 bits per heavy atom. The molecule has 86 valence electrons. The van der Waals surface area contributed by atoms with Crippen molar-refractivity contribution in [3.8, 4) is 0 Å². The van der Waals surface area contributed by atoms with Crippen molar-refractivity contribution in [2.75, 3.05) is 18.4 Å². The van der Waals surface area contributed by atoms with Gasteiger partial charge in [0.25, 0.3) is 0 Å². The Morgan fingerprint density at radius 1 is 1.38 bits per heavy atom. The highest BCUT2D eigenvalue weighted by atomic mass is 19.1. The quantitative estimate of drug-likeness (QED) is 0.778. The Labute approximate surface area is 94.3 Å². The van der Waals surface area contributed by atoms with E-state index in [0.717, 1.165) is 31.5 Å². The molecule has 0 aliphatic carbocycles. The first-order chi connectivity index (χ1) is 7.66. The van der Waals surface area contributed by atoms with Crippen LogP contribution in [0.2, 0.25) is 0 Å². The molecule has 2 rings (SSSR count). The molecule has 3 nitrogen and oxygen atoms in total. The highest BCUT2D eigenvalue weighted by Gasteiger charge is 2.18. The molecular formula is C12H15FN2O. The van der Waals surface area contributed by atoms with Crippen molar-refractivity contribution < 1.29 is 9.18 Å². The molecule has 1 saturated heterocycles. The third kappa shape index (κ3) is 2.32. The number of likely N-dealkylation sites (tertiary alicyclic amines) is 1. The van der Waals surface area contributed by atoms with Crippen LogP contribution >= 0.6 is 0 Å². The number of aryl methyl sites for hydroxylation is 1. The SMILES string of the molecule is Cc1ccc(NC(=O)N2CCCC2)c(F)c1. The summed E-state index contributed by atoms with van der Waals surface area (Å²) in [6.07, 6.45) is 2.06. The minimum absolute atomic E-state index is 0.208. The van der Waals surface area contributed by atoms with E-state index in [1.807, 2.05) is 6.92 Å². The molecule has 1 aliphatic heterocycles. The number of amides is 2. The van der Waals surface area contributed by atoms with Crippen molar-refractivity contribution in [3.63, 3.8) is 0 Å². The summed E-state index contributed by atoms with van der Waals surface area (Å²) in [5.41, 5.74) is 1.10. The van der Waals surface area contributed by atoms with Gasteiger partial charge in [-0.3, -0.25) is 0 Å². The van der Waals surface area contributed by atoms with Gasteiger partial charge in [0.15, 0.2) is 0 Å². The van der Waals surface area contributed by atoms with Crippen molar-refractivity contribution >= 4 is 11.7 Å². The summed E-state index contributed by atoms with van der Waals surface area (Å²) in [5.74, 6) is -0.382. The number of hydrogen-bond acceptors (Lipinski definition) is 1. The maximum absolute atomic E-state index is 13.5. The lowest BCUT2D eigenvalue weighted by molar-refractivity contribution is 0.222. The first-order valence-corrected chi connectivity index (χ1v) is 5.49. The number of hydrogen-bond donors (Lipinski definition) is 1. The van der Waals surface area contributed by atoms with Gasteiger partial charge in [-0.25, -0.2) is 9.18 Å². The second-order valence-corrected chi connectivity index (χ2v) is 4.11. The Bertz CT molecular complexity index is 400. The van der Waals surface area contributed by atoms with E-state index < -0.39 is 0 Å². The molecule has 0 unspecified atom stereocenters. The molecule has 1 aromatic carbocycles. The van der Waals surface area contributed by atoms with Gasteiger partial charge in [-0.1, -0.05) is 6.07 Å². The molecule has 16 heavy (non-hydrogen) atoms. The predicted molar refractivity (Wildman–Crippen MR) is 61.0 cm³/mol. The fourth-order valence-corrected chi connectivity index (χ4v) is 1.84. The Kier molecular flexibility index (Phi) is 3.08. The molecule has 0 bridgehead atoms. The van der Waals surface area contributed by atoms with Crippen molar-refractivity contribution in [2.24, 2.45) is 0 Å². The minimum atomic E-state index is -0.382. The van der Waals surface area contributed by atoms with E-state index in [4.69, 9.17) is 0 Å². The van der Waals surface area contributed by atoms with Gasteiger partial charge < -0.3 is 10.2 Å². The van der Waals surface area contributed by atoms with E-state index in [1.165, 1.54) is 6.07 Å². The molecule has 1 heterocycles. The molecule has 1 N–H and O–H groups in total. The summed E-state index contributed by atoms with van der Waals surface area (Å²) in [5, 5.41) is 2.59. The van der Waals surface area contributed by atoms with Crippen molar-refractivity contribution in [2.45, 2.75) is 19.8 Å². The topological polar surface area (TPSA) is 32.3 Å². The standard InChI is InChI=1S/C12H15FN2O/c1-9-4-5-11(10(13)8-9)14-12(16)15-6-2-3-7-15/h4-5,8H,2-3,6-7H2,1H3,(H,14,16).